The molecule has 1 aromatic rings. The van der Waals surface area contributed by atoms with Crippen molar-refractivity contribution in [2.45, 2.75) is 57.3 Å². The van der Waals surface area contributed by atoms with Gasteiger partial charge in [0, 0.05) is 12.0 Å². The van der Waals surface area contributed by atoms with Gasteiger partial charge >= 0.3 is 6.61 Å². The van der Waals surface area contributed by atoms with E-state index in [-0.39, 0.29) is 23.7 Å². The van der Waals surface area contributed by atoms with E-state index in [4.69, 9.17) is 0 Å². The Morgan fingerprint density at radius 1 is 1.21 bits per heavy atom. The minimum Gasteiger partial charge on any atom is -0.435 e. The van der Waals surface area contributed by atoms with Gasteiger partial charge in [0.2, 0.25) is 5.91 Å². The van der Waals surface area contributed by atoms with E-state index in [0.717, 1.165) is 24.8 Å². The molecule has 0 aromatic heterocycles. The normalized spacial score (nSPS) is 27.6. The summed E-state index contributed by atoms with van der Waals surface area (Å²) in [5.74, 6) is 0.407. The molecule has 3 N–H and O–H groups in total. The molecule has 0 bridgehead atoms. The maximum atomic E-state index is 12.6. The Morgan fingerprint density at radius 2 is 1.92 bits per heavy atom. The average molecular weight is 339 g/mol. The van der Waals surface area contributed by atoms with Gasteiger partial charge in [-0.3, -0.25) is 10.2 Å². The second-order valence-corrected chi connectivity index (χ2v) is 6.50. The Kier molecular flexibility index (Phi) is 5.30. The number of hydrogen-bond acceptors (Lipinski definition) is 4. The molecule has 1 heterocycles. The summed E-state index contributed by atoms with van der Waals surface area (Å²) >= 11 is 0. The molecule has 5 nitrogen and oxygen atoms in total. The summed E-state index contributed by atoms with van der Waals surface area (Å²) in [7, 11) is 0. The zero-order valence-corrected chi connectivity index (χ0v) is 13.6. The lowest BCUT2D eigenvalue weighted by Gasteiger charge is -2.27. The van der Waals surface area contributed by atoms with Crippen molar-refractivity contribution < 1.29 is 18.3 Å². The Hall–Kier alpha value is -1.73. The molecular weight excluding hydrogens is 316 g/mol. The zero-order chi connectivity index (χ0) is 17.1. The van der Waals surface area contributed by atoms with Crippen LogP contribution >= 0.6 is 0 Å². The van der Waals surface area contributed by atoms with Crippen LogP contribution in [0.2, 0.25) is 0 Å². The van der Waals surface area contributed by atoms with Crippen LogP contribution in [-0.2, 0) is 4.79 Å². The van der Waals surface area contributed by atoms with Crippen LogP contribution in [-0.4, -0.2) is 24.6 Å². The standard InChI is InChI=1S/C17H23F2N3O2/c1-10(11-6-8-12(9-7-11)24-17(18)19)20-16(23)15-13-4-2-3-5-14(13)21-22-15/h6-10,13-15,17,21-22H,2-5H2,1H3,(H,20,23). The number of carbonyl (C=O) groups excluding carboxylic acids is 1. The monoisotopic (exact) mass is 339 g/mol. The molecule has 1 aromatic carbocycles. The van der Waals surface area contributed by atoms with Gasteiger partial charge in [0.05, 0.1) is 6.04 Å². The fourth-order valence-corrected chi connectivity index (χ4v) is 3.63. The molecule has 0 spiro atoms. The minimum atomic E-state index is -2.84. The molecular formula is C17H23F2N3O2. The molecule has 4 atom stereocenters. The van der Waals surface area contributed by atoms with Gasteiger partial charge < -0.3 is 10.1 Å². The Balaban J connectivity index is 1.57. The van der Waals surface area contributed by atoms with Crippen molar-refractivity contribution in [1.29, 1.82) is 0 Å². The molecule has 1 saturated carbocycles. The van der Waals surface area contributed by atoms with Gasteiger partial charge in [0.15, 0.2) is 0 Å². The first-order valence-corrected chi connectivity index (χ1v) is 8.41. The van der Waals surface area contributed by atoms with Crippen LogP contribution in [0.1, 0.15) is 44.2 Å². The highest BCUT2D eigenvalue weighted by atomic mass is 19.3. The molecule has 7 heteroatoms. The van der Waals surface area contributed by atoms with Crippen LogP contribution in [0.25, 0.3) is 0 Å². The fraction of sp³-hybridized carbons (Fsp3) is 0.588. The number of hydrogen-bond donors (Lipinski definition) is 3. The van der Waals surface area contributed by atoms with Gasteiger partial charge in [-0.15, -0.1) is 0 Å². The largest absolute Gasteiger partial charge is 0.435 e. The fourth-order valence-electron chi connectivity index (χ4n) is 3.63. The molecule has 1 aliphatic carbocycles. The summed E-state index contributed by atoms with van der Waals surface area (Å²) in [4.78, 5) is 12.6. The predicted octanol–water partition coefficient (Wildman–Crippen LogP) is 2.50. The van der Waals surface area contributed by atoms with Crippen molar-refractivity contribution in [3.63, 3.8) is 0 Å². The van der Waals surface area contributed by atoms with Gasteiger partial charge in [-0.25, -0.2) is 5.43 Å². The molecule has 1 amide bonds. The molecule has 4 unspecified atom stereocenters. The first kappa shape index (κ1) is 17.1. The van der Waals surface area contributed by atoms with Crippen molar-refractivity contribution in [1.82, 2.24) is 16.2 Å². The van der Waals surface area contributed by atoms with E-state index < -0.39 is 6.61 Å². The molecule has 2 fully saturated rings. The van der Waals surface area contributed by atoms with E-state index in [9.17, 15) is 13.6 Å². The second-order valence-electron chi connectivity index (χ2n) is 6.50. The van der Waals surface area contributed by atoms with Gasteiger partial charge in [-0.1, -0.05) is 25.0 Å². The lowest BCUT2D eigenvalue weighted by Crippen LogP contribution is -2.46. The van der Waals surface area contributed by atoms with Crippen molar-refractivity contribution in [2.75, 3.05) is 0 Å². The molecule has 2 aliphatic rings. The van der Waals surface area contributed by atoms with Crippen LogP contribution in [0.5, 0.6) is 5.75 Å². The second kappa shape index (κ2) is 7.44. The van der Waals surface area contributed by atoms with E-state index in [1.165, 1.54) is 18.6 Å². The third-order valence-electron chi connectivity index (χ3n) is 4.92. The average Bonchev–Trinajstić information content (AvgIpc) is 2.99. The van der Waals surface area contributed by atoms with E-state index in [1.807, 2.05) is 6.92 Å². The number of halogens is 2. The molecule has 1 saturated heterocycles. The number of hydrazine groups is 1. The van der Waals surface area contributed by atoms with Crippen LogP contribution in [0.4, 0.5) is 8.78 Å². The quantitative estimate of drug-likeness (QED) is 0.771. The number of benzene rings is 1. The third kappa shape index (κ3) is 3.84. The maximum absolute atomic E-state index is 12.6. The van der Waals surface area contributed by atoms with Crippen molar-refractivity contribution >= 4 is 5.91 Å². The summed E-state index contributed by atoms with van der Waals surface area (Å²) in [6, 6.07) is 6.28. The number of carbonyl (C=O) groups is 1. The van der Waals surface area contributed by atoms with Gasteiger partial charge in [0.25, 0.3) is 0 Å². The number of nitrogens with one attached hydrogen (secondary N) is 3. The summed E-state index contributed by atoms with van der Waals surface area (Å²) in [6.45, 7) is -0.959. The first-order chi connectivity index (χ1) is 11.5. The van der Waals surface area contributed by atoms with Crippen molar-refractivity contribution in [3.8, 4) is 5.75 Å². The molecule has 3 rings (SSSR count). The highest BCUT2D eigenvalue weighted by Crippen LogP contribution is 2.30. The van der Waals surface area contributed by atoms with Crippen LogP contribution < -0.4 is 20.9 Å². The van der Waals surface area contributed by atoms with Crippen LogP contribution in [0.15, 0.2) is 24.3 Å². The maximum Gasteiger partial charge on any atom is 0.387 e. The third-order valence-corrected chi connectivity index (χ3v) is 4.92. The highest BCUT2D eigenvalue weighted by molar-refractivity contribution is 5.83. The van der Waals surface area contributed by atoms with E-state index in [2.05, 4.69) is 20.9 Å². The molecule has 24 heavy (non-hydrogen) atoms. The summed E-state index contributed by atoms with van der Waals surface area (Å²) < 4.78 is 28.7. The van der Waals surface area contributed by atoms with Crippen molar-refractivity contribution in [2.24, 2.45) is 5.92 Å². The Morgan fingerprint density at radius 3 is 2.62 bits per heavy atom. The SMILES string of the molecule is CC(NC(=O)C1NNC2CCCCC21)c1ccc(OC(F)F)cc1. The van der Waals surface area contributed by atoms with Gasteiger partial charge in [-0.05, 0) is 37.5 Å². The van der Waals surface area contributed by atoms with E-state index in [1.54, 1.807) is 12.1 Å². The Bertz CT molecular complexity index is 567. The van der Waals surface area contributed by atoms with E-state index in [0.29, 0.717) is 12.0 Å². The Labute approximate surface area is 140 Å². The molecule has 132 valence electrons. The number of rotatable bonds is 5. The van der Waals surface area contributed by atoms with Crippen LogP contribution in [0, 0.1) is 5.92 Å². The smallest absolute Gasteiger partial charge is 0.387 e. The topological polar surface area (TPSA) is 62.4 Å². The predicted molar refractivity (Wildman–Crippen MR) is 85.4 cm³/mol. The number of fused-ring (bicyclic) bond motifs is 1. The summed E-state index contributed by atoms with van der Waals surface area (Å²) in [6.07, 6.45) is 4.52. The number of ether oxygens (including phenoxy) is 1. The van der Waals surface area contributed by atoms with Crippen LogP contribution in [0.3, 0.4) is 0 Å². The van der Waals surface area contributed by atoms with Gasteiger partial charge in [0.1, 0.15) is 11.8 Å². The minimum absolute atomic E-state index is 0.0303. The molecule has 0 radical (unpaired) electrons. The van der Waals surface area contributed by atoms with Gasteiger partial charge in [-0.2, -0.15) is 8.78 Å². The lowest BCUT2D eigenvalue weighted by molar-refractivity contribution is -0.124. The van der Waals surface area contributed by atoms with E-state index >= 15 is 0 Å². The molecule has 1 aliphatic heterocycles. The summed E-state index contributed by atoms with van der Waals surface area (Å²) in [5.41, 5.74) is 7.19. The number of amides is 1. The summed E-state index contributed by atoms with van der Waals surface area (Å²) in [5, 5.41) is 3.00. The lowest BCUT2D eigenvalue weighted by atomic mass is 9.81. The number of alkyl halides is 2. The van der Waals surface area contributed by atoms with Crippen molar-refractivity contribution in [3.05, 3.63) is 29.8 Å². The first-order valence-electron chi connectivity index (χ1n) is 8.41. The zero-order valence-electron chi connectivity index (χ0n) is 13.6. The highest BCUT2D eigenvalue weighted by Gasteiger charge is 2.41.